The first-order valence-corrected chi connectivity index (χ1v) is 9.66. The molecular formula is C19H22Cl2N4O2. The molecule has 0 bridgehead atoms. The van der Waals surface area contributed by atoms with E-state index in [1.54, 1.807) is 18.2 Å². The zero-order valence-corrected chi connectivity index (χ0v) is 16.8. The Hall–Kier alpha value is -2.05. The van der Waals surface area contributed by atoms with Gasteiger partial charge in [-0.3, -0.25) is 0 Å². The van der Waals surface area contributed by atoms with Crippen LogP contribution in [0.1, 0.15) is 37.1 Å². The highest BCUT2D eigenvalue weighted by Gasteiger charge is 2.24. The van der Waals surface area contributed by atoms with Gasteiger partial charge >= 0.3 is 12.0 Å². The maximum absolute atomic E-state index is 12.2. The van der Waals surface area contributed by atoms with Gasteiger partial charge < -0.3 is 15.4 Å². The lowest BCUT2D eigenvalue weighted by Crippen LogP contribution is -2.41. The van der Waals surface area contributed by atoms with E-state index in [1.165, 1.54) is 0 Å². The Balaban J connectivity index is 1.46. The topological polar surface area (TPSA) is 76.1 Å². The number of ether oxygens (including phenoxy) is 1. The van der Waals surface area contributed by atoms with Crippen LogP contribution in [0.4, 0.5) is 10.5 Å². The van der Waals surface area contributed by atoms with Crippen molar-refractivity contribution in [2.24, 2.45) is 0 Å². The molecule has 3 rings (SSSR count). The second kappa shape index (κ2) is 8.76. The summed E-state index contributed by atoms with van der Waals surface area (Å²) in [5.74, 6) is 0. The molecule has 1 saturated carbocycles. The summed E-state index contributed by atoms with van der Waals surface area (Å²) >= 11 is 11.8. The molecule has 2 N–H and O–H groups in total. The van der Waals surface area contributed by atoms with Gasteiger partial charge in [0.2, 0.25) is 0 Å². The number of urea groups is 1. The minimum atomic E-state index is -0.254. The second-order valence-corrected chi connectivity index (χ2v) is 7.57. The minimum Gasteiger partial charge on any atom is -0.460 e. The number of aryl methyl sites for hydroxylation is 2. The van der Waals surface area contributed by atoms with Gasteiger partial charge in [0.25, 0.3) is 0 Å². The lowest BCUT2D eigenvalue weighted by molar-refractivity contribution is 0.129. The molecule has 8 heteroatoms. The van der Waals surface area contributed by atoms with Crippen molar-refractivity contribution in [3.05, 3.63) is 45.7 Å². The number of nitrogens with zero attached hydrogens (tertiary/aromatic N) is 2. The van der Waals surface area contributed by atoms with E-state index in [0.29, 0.717) is 21.7 Å². The highest BCUT2D eigenvalue weighted by atomic mass is 35.5. The molecule has 1 aliphatic rings. The van der Waals surface area contributed by atoms with Crippen LogP contribution in [0.3, 0.4) is 0 Å². The molecule has 1 aliphatic carbocycles. The lowest BCUT2D eigenvalue weighted by Gasteiger charge is -2.29. The average molecular weight is 409 g/mol. The molecule has 2 amide bonds. The van der Waals surface area contributed by atoms with E-state index in [0.717, 1.165) is 37.1 Å². The van der Waals surface area contributed by atoms with Crippen molar-refractivity contribution in [2.75, 3.05) is 5.32 Å². The quantitative estimate of drug-likeness (QED) is 0.752. The number of anilines is 1. The second-order valence-electron chi connectivity index (χ2n) is 6.75. The smallest absolute Gasteiger partial charge is 0.319 e. The van der Waals surface area contributed by atoms with Crippen LogP contribution in [-0.2, 0) is 0 Å². The highest BCUT2D eigenvalue weighted by molar-refractivity contribution is 6.42. The molecule has 6 nitrogen and oxygen atoms in total. The zero-order chi connectivity index (χ0) is 19.4. The number of halogens is 2. The average Bonchev–Trinajstić information content (AvgIpc) is 2.59. The molecule has 1 aromatic carbocycles. The van der Waals surface area contributed by atoms with Crippen LogP contribution in [0.5, 0.6) is 6.01 Å². The Morgan fingerprint density at radius 1 is 1.04 bits per heavy atom. The molecule has 2 aromatic rings. The summed E-state index contributed by atoms with van der Waals surface area (Å²) in [6.07, 6.45) is 3.43. The predicted molar refractivity (Wildman–Crippen MR) is 107 cm³/mol. The summed E-state index contributed by atoms with van der Waals surface area (Å²) in [4.78, 5) is 20.8. The van der Waals surface area contributed by atoms with Crippen LogP contribution in [-0.4, -0.2) is 28.1 Å². The Morgan fingerprint density at radius 3 is 2.33 bits per heavy atom. The monoisotopic (exact) mass is 408 g/mol. The number of amides is 2. The van der Waals surface area contributed by atoms with Crippen LogP contribution in [0.25, 0.3) is 0 Å². The Morgan fingerprint density at radius 2 is 1.70 bits per heavy atom. The van der Waals surface area contributed by atoms with Gasteiger partial charge in [-0.15, -0.1) is 0 Å². The standard InChI is InChI=1S/C19H22Cl2N4O2/c1-11-9-12(2)23-19(22-11)27-15-6-3-13(4-7-15)24-18(26)25-14-5-8-16(20)17(21)10-14/h5,8-10,13,15H,3-4,6-7H2,1-2H3,(H2,24,25,26). The first-order valence-electron chi connectivity index (χ1n) is 8.90. The van der Waals surface area contributed by atoms with Crippen molar-refractivity contribution in [3.63, 3.8) is 0 Å². The van der Waals surface area contributed by atoms with Gasteiger partial charge in [-0.1, -0.05) is 23.2 Å². The van der Waals surface area contributed by atoms with E-state index >= 15 is 0 Å². The van der Waals surface area contributed by atoms with E-state index in [4.69, 9.17) is 27.9 Å². The predicted octanol–water partition coefficient (Wildman–Crippen LogP) is 4.91. The number of carbonyl (C=O) groups is 1. The fourth-order valence-electron chi connectivity index (χ4n) is 3.15. The molecule has 1 heterocycles. The number of nitrogens with one attached hydrogen (secondary N) is 2. The SMILES string of the molecule is Cc1cc(C)nc(OC2CCC(NC(=O)Nc3ccc(Cl)c(Cl)c3)CC2)n1. The van der Waals surface area contributed by atoms with Crippen molar-refractivity contribution >= 4 is 34.9 Å². The van der Waals surface area contributed by atoms with Crippen LogP contribution >= 0.6 is 23.2 Å². The summed E-state index contributed by atoms with van der Waals surface area (Å²) in [6.45, 7) is 3.85. The summed E-state index contributed by atoms with van der Waals surface area (Å²) in [5, 5.41) is 6.62. The summed E-state index contributed by atoms with van der Waals surface area (Å²) in [6, 6.07) is 7.18. The fourth-order valence-corrected chi connectivity index (χ4v) is 3.44. The third kappa shape index (κ3) is 5.71. The third-order valence-electron chi connectivity index (χ3n) is 4.42. The number of carbonyl (C=O) groups excluding carboxylic acids is 1. The van der Waals surface area contributed by atoms with Gasteiger partial charge in [-0.25, -0.2) is 14.8 Å². The van der Waals surface area contributed by atoms with Crippen LogP contribution in [0.15, 0.2) is 24.3 Å². The number of hydrogen-bond donors (Lipinski definition) is 2. The molecule has 27 heavy (non-hydrogen) atoms. The molecule has 0 aliphatic heterocycles. The van der Waals surface area contributed by atoms with Crippen LogP contribution in [0, 0.1) is 13.8 Å². The number of aromatic nitrogens is 2. The van der Waals surface area contributed by atoms with Gasteiger partial charge in [0.15, 0.2) is 0 Å². The summed E-state index contributed by atoms with van der Waals surface area (Å²) in [7, 11) is 0. The van der Waals surface area contributed by atoms with Gasteiger partial charge in [0.05, 0.1) is 10.0 Å². The van der Waals surface area contributed by atoms with Crippen LogP contribution < -0.4 is 15.4 Å². The fraction of sp³-hybridized carbons (Fsp3) is 0.421. The number of hydrogen-bond acceptors (Lipinski definition) is 4. The van der Waals surface area contributed by atoms with Gasteiger partial charge in [0, 0.05) is 23.1 Å². The zero-order valence-electron chi connectivity index (χ0n) is 15.3. The maximum atomic E-state index is 12.2. The Labute approximate surface area is 168 Å². The van der Waals surface area contributed by atoms with Crippen molar-refractivity contribution < 1.29 is 9.53 Å². The van der Waals surface area contributed by atoms with Crippen molar-refractivity contribution in [1.29, 1.82) is 0 Å². The molecule has 0 saturated heterocycles. The number of rotatable bonds is 4. The molecule has 0 atom stereocenters. The Bertz CT molecular complexity index is 803. The highest BCUT2D eigenvalue weighted by Crippen LogP contribution is 2.25. The summed E-state index contributed by atoms with van der Waals surface area (Å²) < 4.78 is 5.91. The molecule has 144 valence electrons. The van der Waals surface area contributed by atoms with Crippen LogP contribution in [0.2, 0.25) is 10.0 Å². The maximum Gasteiger partial charge on any atom is 0.319 e. The molecule has 0 spiro atoms. The van der Waals surface area contributed by atoms with Gasteiger partial charge in [-0.2, -0.15) is 0 Å². The largest absolute Gasteiger partial charge is 0.460 e. The van der Waals surface area contributed by atoms with Crippen molar-refractivity contribution in [1.82, 2.24) is 15.3 Å². The van der Waals surface area contributed by atoms with E-state index in [-0.39, 0.29) is 18.2 Å². The first kappa shape index (κ1) is 19.7. The summed E-state index contributed by atoms with van der Waals surface area (Å²) in [5.41, 5.74) is 2.39. The van der Waals surface area contributed by atoms with E-state index < -0.39 is 0 Å². The lowest BCUT2D eigenvalue weighted by atomic mass is 9.93. The van der Waals surface area contributed by atoms with E-state index in [1.807, 2.05) is 19.9 Å². The van der Waals surface area contributed by atoms with Crippen molar-refractivity contribution in [2.45, 2.75) is 51.7 Å². The normalized spacial score (nSPS) is 19.4. The molecule has 1 aromatic heterocycles. The van der Waals surface area contributed by atoms with Crippen molar-refractivity contribution in [3.8, 4) is 6.01 Å². The number of benzene rings is 1. The van der Waals surface area contributed by atoms with E-state index in [2.05, 4.69) is 20.6 Å². The molecule has 1 fully saturated rings. The molecule has 0 radical (unpaired) electrons. The third-order valence-corrected chi connectivity index (χ3v) is 5.16. The van der Waals surface area contributed by atoms with Gasteiger partial charge in [-0.05, 0) is 63.8 Å². The molecular weight excluding hydrogens is 387 g/mol. The first-order chi connectivity index (χ1) is 12.9. The van der Waals surface area contributed by atoms with E-state index in [9.17, 15) is 4.79 Å². The Kier molecular flexibility index (Phi) is 6.39. The minimum absolute atomic E-state index is 0.0717. The molecule has 0 unspecified atom stereocenters. The van der Waals surface area contributed by atoms with Gasteiger partial charge in [0.1, 0.15) is 6.10 Å².